The van der Waals surface area contributed by atoms with E-state index in [0.29, 0.717) is 11.1 Å². The Balaban J connectivity index is 1.34. The number of nitrogens with two attached hydrogens (primary N) is 1. The number of alkyl carbamates (subject to hydrolysis) is 1. The molecule has 0 heterocycles. The van der Waals surface area contributed by atoms with Gasteiger partial charge in [0.2, 0.25) is 11.8 Å². The van der Waals surface area contributed by atoms with E-state index in [9.17, 15) is 38.9 Å². The van der Waals surface area contributed by atoms with Gasteiger partial charge in [0.15, 0.2) is 0 Å². The molecule has 0 aromatic heterocycles. The van der Waals surface area contributed by atoms with Crippen molar-refractivity contribution in [1.82, 2.24) is 20.9 Å². The van der Waals surface area contributed by atoms with Crippen LogP contribution in [0.15, 0.2) is 91.0 Å². The molecular formula is C47H55N7O12. The predicted molar refractivity (Wildman–Crippen MR) is 242 cm³/mol. The molecule has 5 rings (SSSR count). The van der Waals surface area contributed by atoms with Crippen LogP contribution in [0.1, 0.15) is 75.6 Å². The van der Waals surface area contributed by atoms with Gasteiger partial charge < -0.3 is 50.8 Å². The Bertz CT molecular complexity index is 2370. The number of nitrogens with zero attached hydrogens (tertiary/aromatic N) is 2. The summed E-state index contributed by atoms with van der Waals surface area (Å²) in [4.78, 5) is 89.7. The summed E-state index contributed by atoms with van der Waals surface area (Å²) in [6.45, 7) is 8.21. The van der Waals surface area contributed by atoms with Gasteiger partial charge in [0, 0.05) is 43.9 Å². The van der Waals surface area contributed by atoms with E-state index in [1.165, 1.54) is 42.3 Å². The lowest BCUT2D eigenvalue weighted by atomic mass is 9.98. The van der Waals surface area contributed by atoms with E-state index in [2.05, 4.69) is 21.3 Å². The van der Waals surface area contributed by atoms with Crippen LogP contribution < -0.4 is 31.7 Å². The highest BCUT2D eigenvalue weighted by Gasteiger charge is 2.32. The highest BCUT2D eigenvalue weighted by atomic mass is 16.7. The van der Waals surface area contributed by atoms with Crippen molar-refractivity contribution in [3.8, 4) is 16.9 Å². The number of benzene rings is 4. The standard InChI is InChI=1S/C47H55N7O12/c1-28(2)40(52-44(58)66-47(3,4)5)42(56)51-39(16-11-23-49-43(48)57)41(55)50-31-18-17-29(26-64-46(60)65-33-21-19-32(20-22-33)54(61)62)30(24-31)25-53(6)45(59)63-27-38-36-14-9-7-12-34(36)35-13-8-10-15-37(35)38/h7-10,12-15,17-22,24,28,38-40H,11,16,23,25-27H2,1-6H3,(H,50,55)(H,51,56)(H,52,58)(H3,48,49,57)/t39-,40-/m0/s1. The van der Waals surface area contributed by atoms with Crippen LogP contribution in [0.25, 0.3) is 11.1 Å². The number of fused-ring (bicyclic) bond motifs is 3. The van der Waals surface area contributed by atoms with Gasteiger partial charge in [-0.05, 0) is 97.2 Å². The van der Waals surface area contributed by atoms with E-state index in [0.717, 1.165) is 22.3 Å². The van der Waals surface area contributed by atoms with Crippen molar-refractivity contribution in [1.29, 1.82) is 0 Å². The molecule has 2 atom stereocenters. The average Bonchev–Trinajstić information content (AvgIpc) is 3.58. The van der Waals surface area contributed by atoms with E-state index < -0.39 is 64.7 Å². The largest absolute Gasteiger partial charge is 0.514 e. The lowest BCUT2D eigenvalue weighted by molar-refractivity contribution is -0.384. The summed E-state index contributed by atoms with van der Waals surface area (Å²) < 4.78 is 21.8. The van der Waals surface area contributed by atoms with Gasteiger partial charge in [-0.25, -0.2) is 19.2 Å². The molecule has 6 N–H and O–H groups in total. The number of primary amides is 1. The van der Waals surface area contributed by atoms with Gasteiger partial charge in [0.1, 0.15) is 36.6 Å². The molecule has 0 saturated carbocycles. The second-order valence-electron chi connectivity index (χ2n) is 16.9. The van der Waals surface area contributed by atoms with Crippen LogP contribution in [0.4, 0.5) is 30.6 Å². The maximum atomic E-state index is 14.0. The minimum Gasteiger partial charge on any atom is -0.448 e. The van der Waals surface area contributed by atoms with Gasteiger partial charge in [-0.1, -0.05) is 68.4 Å². The quantitative estimate of drug-likeness (QED) is 0.0167. The first kappa shape index (κ1) is 49.3. The Kier molecular flexibility index (Phi) is 16.6. The van der Waals surface area contributed by atoms with Crippen molar-refractivity contribution in [3.63, 3.8) is 0 Å². The number of nitro benzene ring substituents is 1. The van der Waals surface area contributed by atoms with Crippen LogP contribution in [0.5, 0.6) is 5.75 Å². The molecule has 0 saturated heterocycles. The van der Waals surface area contributed by atoms with Crippen LogP contribution >= 0.6 is 0 Å². The van der Waals surface area contributed by atoms with Gasteiger partial charge in [-0.3, -0.25) is 19.7 Å². The molecule has 19 nitrogen and oxygen atoms in total. The lowest BCUT2D eigenvalue weighted by Crippen LogP contribution is -2.55. The van der Waals surface area contributed by atoms with Gasteiger partial charge in [-0.15, -0.1) is 0 Å². The number of carbonyl (C=O) groups is 6. The number of nitrogens with one attached hydrogen (secondary N) is 4. The van der Waals surface area contributed by atoms with Crippen LogP contribution in [-0.4, -0.2) is 83.9 Å². The normalized spacial score (nSPS) is 12.7. The number of ether oxygens (including phenoxy) is 4. The summed E-state index contributed by atoms with van der Waals surface area (Å²) in [6, 6.07) is 22.4. The Morgan fingerprint density at radius 2 is 1.47 bits per heavy atom. The number of hydrogen-bond donors (Lipinski definition) is 5. The summed E-state index contributed by atoms with van der Waals surface area (Å²) in [7, 11) is 1.53. The molecule has 1 aliphatic rings. The number of amides is 6. The minimum absolute atomic E-state index is 0.00580. The molecule has 4 aromatic carbocycles. The first-order chi connectivity index (χ1) is 31.3. The number of carbonyl (C=O) groups excluding carboxylic acids is 6. The molecule has 0 unspecified atom stereocenters. The summed E-state index contributed by atoms with van der Waals surface area (Å²) in [6.07, 6.45) is -2.29. The smallest absolute Gasteiger partial charge is 0.448 e. The van der Waals surface area contributed by atoms with Gasteiger partial charge in [-0.2, -0.15) is 0 Å². The number of urea groups is 1. The van der Waals surface area contributed by atoms with Crippen LogP contribution in [0.2, 0.25) is 0 Å². The van der Waals surface area contributed by atoms with Crippen LogP contribution in [-0.2, 0) is 37.0 Å². The maximum Gasteiger partial charge on any atom is 0.514 e. The number of anilines is 1. The van der Waals surface area contributed by atoms with E-state index in [1.807, 2.05) is 48.5 Å². The monoisotopic (exact) mass is 909 g/mol. The summed E-state index contributed by atoms with van der Waals surface area (Å²) in [5.74, 6) is -1.89. The highest BCUT2D eigenvalue weighted by Crippen LogP contribution is 2.44. The molecule has 1 aliphatic carbocycles. The Morgan fingerprint density at radius 3 is 2.06 bits per heavy atom. The number of hydrogen-bond acceptors (Lipinski definition) is 12. The van der Waals surface area contributed by atoms with Gasteiger partial charge in [0.25, 0.3) is 5.69 Å². The van der Waals surface area contributed by atoms with Crippen molar-refractivity contribution < 1.29 is 52.6 Å². The lowest BCUT2D eigenvalue weighted by Gasteiger charge is -2.27. The molecule has 0 spiro atoms. The first-order valence-corrected chi connectivity index (χ1v) is 21.2. The molecule has 19 heteroatoms. The van der Waals surface area contributed by atoms with E-state index >= 15 is 0 Å². The van der Waals surface area contributed by atoms with E-state index in [-0.39, 0.29) is 62.2 Å². The van der Waals surface area contributed by atoms with Crippen LogP contribution in [0.3, 0.4) is 0 Å². The molecule has 0 bridgehead atoms. The zero-order valence-corrected chi connectivity index (χ0v) is 37.6. The second-order valence-corrected chi connectivity index (χ2v) is 16.9. The molecule has 0 radical (unpaired) electrons. The molecule has 6 amide bonds. The first-order valence-electron chi connectivity index (χ1n) is 21.2. The molecule has 350 valence electrons. The summed E-state index contributed by atoms with van der Waals surface area (Å²) in [5.41, 5.74) is 9.50. The fraction of sp³-hybridized carbons (Fsp3) is 0.362. The maximum absolute atomic E-state index is 14.0. The Labute approximate surface area is 381 Å². The fourth-order valence-electron chi connectivity index (χ4n) is 7.16. The highest BCUT2D eigenvalue weighted by molar-refractivity contribution is 5.98. The van der Waals surface area contributed by atoms with Crippen molar-refractivity contribution in [2.45, 2.75) is 84.2 Å². The minimum atomic E-state index is -1.17. The zero-order chi connectivity index (χ0) is 48.1. The Hall–Kier alpha value is -7.70. The van der Waals surface area contributed by atoms with Crippen LogP contribution in [0, 0.1) is 16.0 Å². The molecular weight excluding hydrogens is 855 g/mol. The number of nitro groups is 1. The predicted octanol–water partition coefficient (Wildman–Crippen LogP) is 7.11. The SMILES string of the molecule is CC(C)[C@H](NC(=O)OC(C)(C)C)C(=O)N[C@@H](CCCNC(N)=O)C(=O)Nc1ccc(COC(=O)Oc2ccc([N+](=O)[O-])cc2)c(CN(C)C(=O)OCC2c3ccccc3-c3ccccc32)c1. The molecule has 66 heavy (non-hydrogen) atoms. The van der Waals surface area contributed by atoms with Crippen molar-refractivity contribution in [2.75, 3.05) is 25.5 Å². The van der Waals surface area contributed by atoms with Gasteiger partial charge in [0.05, 0.1) is 4.92 Å². The third-order valence-corrected chi connectivity index (χ3v) is 10.3. The third-order valence-electron chi connectivity index (χ3n) is 10.3. The summed E-state index contributed by atoms with van der Waals surface area (Å²) in [5, 5.41) is 21.6. The zero-order valence-electron chi connectivity index (χ0n) is 37.6. The van der Waals surface area contributed by atoms with Crippen molar-refractivity contribution in [3.05, 3.63) is 123 Å². The number of rotatable bonds is 18. The van der Waals surface area contributed by atoms with E-state index in [1.54, 1.807) is 46.8 Å². The summed E-state index contributed by atoms with van der Waals surface area (Å²) >= 11 is 0. The topological polar surface area (TPSA) is 260 Å². The fourth-order valence-corrected chi connectivity index (χ4v) is 7.16. The van der Waals surface area contributed by atoms with E-state index in [4.69, 9.17) is 24.7 Å². The van der Waals surface area contributed by atoms with Crippen molar-refractivity contribution in [2.24, 2.45) is 11.7 Å². The Morgan fingerprint density at radius 1 is 0.833 bits per heavy atom. The second kappa shape index (κ2) is 22.3. The molecule has 4 aromatic rings. The number of non-ortho nitro benzene ring substituents is 1. The van der Waals surface area contributed by atoms with Gasteiger partial charge >= 0.3 is 24.4 Å². The molecule has 0 aliphatic heterocycles. The third kappa shape index (κ3) is 13.9. The van der Waals surface area contributed by atoms with Crippen molar-refractivity contribution >= 4 is 47.6 Å². The average molecular weight is 910 g/mol. The molecule has 0 fully saturated rings.